The summed E-state index contributed by atoms with van der Waals surface area (Å²) in [6.07, 6.45) is 4.14. The van der Waals surface area contributed by atoms with Crippen LogP contribution < -0.4 is 5.32 Å². The maximum absolute atomic E-state index is 11.9. The Morgan fingerprint density at radius 1 is 1.37 bits per heavy atom. The van der Waals surface area contributed by atoms with E-state index in [0.29, 0.717) is 23.2 Å². The van der Waals surface area contributed by atoms with Gasteiger partial charge in [-0.2, -0.15) is 0 Å². The van der Waals surface area contributed by atoms with Gasteiger partial charge in [-0.05, 0) is 30.9 Å². The van der Waals surface area contributed by atoms with Gasteiger partial charge in [0.05, 0.1) is 10.5 Å². The largest absolute Gasteiger partial charge is 0.309 e. The van der Waals surface area contributed by atoms with Gasteiger partial charge in [0, 0.05) is 11.8 Å². The van der Waals surface area contributed by atoms with E-state index in [0.717, 1.165) is 23.7 Å². The van der Waals surface area contributed by atoms with Crippen LogP contribution in [0.4, 0.5) is 5.82 Å². The molecule has 1 amide bonds. The zero-order chi connectivity index (χ0) is 13.2. The van der Waals surface area contributed by atoms with Crippen LogP contribution in [0.15, 0.2) is 30.3 Å². The van der Waals surface area contributed by atoms with Crippen molar-refractivity contribution >= 4 is 34.2 Å². The van der Waals surface area contributed by atoms with Crippen LogP contribution in [0.1, 0.15) is 25.7 Å². The number of pyridine rings is 1. The summed E-state index contributed by atoms with van der Waals surface area (Å²) in [6, 6.07) is 9.56. The summed E-state index contributed by atoms with van der Waals surface area (Å²) < 4.78 is 0. The summed E-state index contributed by atoms with van der Waals surface area (Å²) in [5.74, 6) is 1.01. The van der Waals surface area contributed by atoms with E-state index < -0.39 is 0 Å². The number of benzene rings is 1. The van der Waals surface area contributed by atoms with Crippen molar-refractivity contribution in [2.45, 2.75) is 25.7 Å². The number of para-hydroxylation sites is 1. The number of carbonyl (C=O) groups is 1. The van der Waals surface area contributed by atoms with Gasteiger partial charge in [-0.1, -0.05) is 36.2 Å². The van der Waals surface area contributed by atoms with E-state index in [1.54, 1.807) is 0 Å². The molecule has 1 heterocycles. The van der Waals surface area contributed by atoms with Crippen molar-refractivity contribution in [1.29, 1.82) is 0 Å². The third kappa shape index (κ3) is 2.71. The number of nitrogens with one attached hydrogen (secondary N) is 1. The maximum Gasteiger partial charge on any atom is 0.225 e. The van der Waals surface area contributed by atoms with Crippen molar-refractivity contribution in [2.24, 2.45) is 5.92 Å². The molecule has 1 aliphatic rings. The van der Waals surface area contributed by atoms with Gasteiger partial charge in [0.1, 0.15) is 0 Å². The molecule has 3 rings (SSSR count). The summed E-state index contributed by atoms with van der Waals surface area (Å²) in [5.41, 5.74) is 0.839. The van der Waals surface area contributed by atoms with Crippen LogP contribution in [0, 0.1) is 5.92 Å². The van der Waals surface area contributed by atoms with Gasteiger partial charge < -0.3 is 5.32 Å². The fraction of sp³-hybridized carbons (Fsp3) is 0.333. The van der Waals surface area contributed by atoms with E-state index in [9.17, 15) is 4.79 Å². The summed E-state index contributed by atoms with van der Waals surface area (Å²) in [7, 11) is 0. The first kappa shape index (κ1) is 12.4. The van der Waals surface area contributed by atoms with E-state index >= 15 is 0 Å². The standard InChI is InChI=1S/C15H15ClN2O/c16-12-9-11-6-1-2-7-13(11)17-15(12)18-14(19)8-10-4-3-5-10/h1-2,6-7,9-10H,3-5,8H2,(H,17,18,19). The Morgan fingerprint density at radius 3 is 2.89 bits per heavy atom. The lowest BCUT2D eigenvalue weighted by atomic mass is 9.83. The zero-order valence-corrected chi connectivity index (χ0v) is 11.3. The molecule has 0 aliphatic heterocycles. The molecule has 1 aromatic carbocycles. The van der Waals surface area contributed by atoms with Gasteiger partial charge in [0.25, 0.3) is 0 Å². The minimum absolute atomic E-state index is 0.00869. The summed E-state index contributed by atoms with van der Waals surface area (Å²) in [5, 5.41) is 4.28. The number of amides is 1. The zero-order valence-electron chi connectivity index (χ0n) is 10.5. The van der Waals surface area contributed by atoms with Crippen LogP contribution in [0.3, 0.4) is 0 Å². The predicted molar refractivity (Wildman–Crippen MR) is 77.3 cm³/mol. The molecule has 1 saturated carbocycles. The molecule has 3 nitrogen and oxygen atoms in total. The summed E-state index contributed by atoms with van der Waals surface area (Å²) in [6.45, 7) is 0. The third-order valence-corrected chi connectivity index (χ3v) is 3.92. The number of fused-ring (bicyclic) bond motifs is 1. The number of nitrogens with zero attached hydrogens (tertiary/aromatic N) is 1. The fourth-order valence-electron chi connectivity index (χ4n) is 2.32. The first-order chi connectivity index (χ1) is 9.22. The average Bonchev–Trinajstić information content (AvgIpc) is 2.35. The Bertz CT molecular complexity index is 623. The van der Waals surface area contributed by atoms with Gasteiger partial charge in [-0.25, -0.2) is 4.98 Å². The van der Waals surface area contributed by atoms with E-state index in [1.807, 2.05) is 30.3 Å². The molecule has 0 atom stereocenters. The minimum Gasteiger partial charge on any atom is -0.309 e. The molecular weight excluding hydrogens is 260 g/mol. The molecule has 1 aromatic heterocycles. The van der Waals surface area contributed by atoms with E-state index in [1.165, 1.54) is 6.42 Å². The molecule has 0 bridgehead atoms. The highest BCUT2D eigenvalue weighted by atomic mass is 35.5. The Labute approximate surface area is 117 Å². The molecule has 1 N–H and O–H groups in total. The highest BCUT2D eigenvalue weighted by molar-refractivity contribution is 6.34. The average molecular weight is 275 g/mol. The van der Waals surface area contributed by atoms with Crippen LogP contribution in [0.5, 0.6) is 0 Å². The molecule has 0 saturated heterocycles. The SMILES string of the molecule is O=C(CC1CCC1)Nc1nc2ccccc2cc1Cl. The molecule has 1 aliphatic carbocycles. The fourth-order valence-corrected chi connectivity index (χ4v) is 2.53. The van der Waals surface area contributed by atoms with Crippen LogP contribution in [-0.2, 0) is 4.79 Å². The van der Waals surface area contributed by atoms with Gasteiger partial charge in [-0.3, -0.25) is 4.79 Å². The Hall–Kier alpha value is -1.61. The molecular formula is C15H15ClN2O. The molecule has 2 aromatic rings. The second-order valence-corrected chi connectivity index (χ2v) is 5.47. The van der Waals surface area contributed by atoms with Crippen molar-refractivity contribution in [3.05, 3.63) is 35.4 Å². The Balaban J connectivity index is 1.79. The lowest BCUT2D eigenvalue weighted by molar-refractivity contribution is -0.117. The van der Waals surface area contributed by atoms with E-state index in [-0.39, 0.29) is 5.91 Å². The topological polar surface area (TPSA) is 42.0 Å². The highest BCUT2D eigenvalue weighted by Crippen LogP contribution is 2.30. The van der Waals surface area contributed by atoms with Gasteiger partial charge in [0.2, 0.25) is 5.91 Å². The van der Waals surface area contributed by atoms with Gasteiger partial charge in [-0.15, -0.1) is 0 Å². The molecule has 19 heavy (non-hydrogen) atoms. The summed E-state index contributed by atoms with van der Waals surface area (Å²) in [4.78, 5) is 16.3. The van der Waals surface area contributed by atoms with Crippen molar-refractivity contribution in [1.82, 2.24) is 4.98 Å². The van der Waals surface area contributed by atoms with Crippen LogP contribution in [-0.4, -0.2) is 10.9 Å². The monoisotopic (exact) mass is 274 g/mol. The first-order valence-corrected chi connectivity index (χ1v) is 6.95. The molecule has 0 unspecified atom stereocenters. The van der Waals surface area contributed by atoms with Crippen LogP contribution in [0.25, 0.3) is 10.9 Å². The second-order valence-electron chi connectivity index (χ2n) is 5.06. The first-order valence-electron chi connectivity index (χ1n) is 6.57. The van der Waals surface area contributed by atoms with Crippen molar-refractivity contribution in [3.63, 3.8) is 0 Å². The molecule has 0 spiro atoms. The number of carbonyl (C=O) groups excluding carboxylic acids is 1. The van der Waals surface area contributed by atoms with Crippen molar-refractivity contribution < 1.29 is 4.79 Å². The number of rotatable bonds is 3. The van der Waals surface area contributed by atoms with Crippen molar-refractivity contribution in [2.75, 3.05) is 5.32 Å². The smallest absolute Gasteiger partial charge is 0.225 e. The molecule has 98 valence electrons. The van der Waals surface area contributed by atoms with E-state index in [4.69, 9.17) is 11.6 Å². The van der Waals surface area contributed by atoms with Crippen LogP contribution in [0.2, 0.25) is 5.02 Å². The maximum atomic E-state index is 11.9. The molecule has 4 heteroatoms. The quantitative estimate of drug-likeness (QED) is 0.919. The summed E-state index contributed by atoms with van der Waals surface area (Å²) >= 11 is 6.15. The molecule has 0 radical (unpaired) electrons. The minimum atomic E-state index is 0.00869. The van der Waals surface area contributed by atoms with Gasteiger partial charge >= 0.3 is 0 Å². The number of aromatic nitrogens is 1. The predicted octanol–water partition coefficient (Wildman–Crippen LogP) is 4.02. The van der Waals surface area contributed by atoms with E-state index in [2.05, 4.69) is 10.3 Å². The number of hydrogen-bond acceptors (Lipinski definition) is 2. The Kier molecular flexibility index (Phi) is 3.38. The Morgan fingerprint density at radius 2 is 2.16 bits per heavy atom. The van der Waals surface area contributed by atoms with Crippen molar-refractivity contribution in [3.8, 4) is 0 Å². The number of hydrogen-bond donors (Lipinski definition) is 1. The van der Waals surface area contributed by atoms with Crippen LogP contribution >= 0.6 is 11.6 Å². The lowest BCUT2D eigenvalue weighted by Gasteiger charge is -2.24. The number of anilines is 1. The lowest BCUT2D eigenvalue weighted by Crippen LogP contribution is -2.21. The third-order valence-electron chi connectivity index (χ3n) is 3.63. The second kappa shape index (κ2) is 5.17. The molecule has 1 fully saturated rings. The highest BCUT2D eigenvalue weighted by Gasteiger charge is 2.21. The van der Waals surface area contributed by atoms with Gasteiger partial charge in [0.15, 0.2) is 5.82 Å². The normalized spacial score (nSPS) is 15.2. The number of halogens is 1.